The number of carbonyl (C=O) groups excluding carboxylic acids is 1. The maximum atomic E-state index is 10.8. The van der Waals surface area contributed by atoms with E-state index < -0.39 is 0 Å². The molecular formula is C8H15NO2. The molecule has 0 aromatic heterocycles. The summed E-state index contributed by atoms with van der Waals surface area (Å²) in [7, 11) is 3.02. The molecule has 0 aliphatic heterocycles. The maximum Gasteiger partial charge on any atom is 0.413 e. The Morgan fingerprint density at radius 3 is 2.45 bits per heavy atom. The van der Waals surface area contributed by atoms with Gasteiger partial charge in [-0.05, 0) is 5.92 Å². The summed E-state index contributed by atoms with van der Waals surface area (Å²) in [5.74, 6) is 0.446. The molecule has 0 aliphatic rings. The van der Waals surface area contributed by atoms with Crippen molar-refractivity contribution in [3.8, 4) is 0 Å². The maximum absolute atomic E-state index is 10.8. The summed E-state index contributed by atoms with van der Waals surface area (Å²) >= 11 is 0. The van der Waals surface area contributed by atoms with Gasteiger partial charge in [-0.15, -0.1) is 0 Å². The van der Waals surface area contributed by atoms with Crippen LogP contribution in [0.4, 0.5) is 4.79 Å². The summed E-state index contributed by atoms with van der Waals surface area (Å²) in [6.45, 7) is 4.09. The van der Waals surface area contributed by atoms with E-state index in [2.05, 4.69) is 4.74 Å². The number of nitrogens with zero attached hydrogens (tertiary/aromatic N) is 1. The summed E-state index contributed by atoms with van der Waals surface area (Å²) in [6.07, 6.45) is 3.29. The summed E-state index contributed by atoms with van der Waals surface area (Å²) in [5.41, 5.74) is 0. The molecule has 0 atom stereocenters. The monoisotopic (exact) mass is 157 g/mol. The van der Waals surface area contributed by atoms with Crippen molar-refractivity contribution in [1.29, 1.82) is 0 Å². The molecule has 0 bridgehead atoms. The fraction of sp³-hybridized carbons (Fsp3) is 0.625. The third-order valence-electron chi connectivity index (χ3n) is 1.16. The molecular weight excluding hydrogens is 142 g/mol. The van der Waals surface area contributed by atoms with E-state index in [0.717, 1.165) is 0 Å². The number of rotatable bonds is 2. The van der Waals surface area contributed by atoms with Crippen molar-refractivity contribution >= 4 is 6.09 Å². The number of hydrogen-bond acceptors (Lipinski definition) is 2. The largest absolute Gasteiger partial charge is 0.453 e. The lowest BCUT2D eigenvalue weighted by molar-refractivity contribution is 0.147. The lowest BCUT2D eigenvalue weighted by Crippen LogP contribution is -2.20. The topological polar surface area (TPSA) is 29.5 Å². The standard InChI is InChI=1S/C8H15NO2/c1-7(2)5-6-9(3)8(10)11-4/h5-7H,1-4H3/b6-5-. The van der Waals surface area contributed by atoms with Gasteiger partial charge in [-0.2, -0.15) is 0 Å². The second-order valence-electron chi connectivity index (χ2n) is 2.67. The van der Waals surface area contributed by atoms with E-state index in [9.17, 15) is 4.79 Å². The van der Waals surface area contributed by atoms with Crippen molar-refractivity contribution in [1.82, 2.24) is 4.90 Å². The molecule has 0 fully saturated rings. The Morgan fingerprint density at radius 2 is 2.09 bits per heavy atom. The van der Waals surface area contributed by atoms with Crippen LogP contribution in [0, 0.1) is 5.92 Å². The Balaban J connectivity index is 3.86. The number of amides is 1. The molecule has 3 heteroatoms. The molecule has 0 N–H and O–H groups in total. The molecule has 0 aromatic carbocycles. The van der Waals surface area contributed by atoms with E-state index in [1.54, 1.807) is 13.2 Å². The molecule has 0 unspecified atom stereocenters. The molecule has 11 heavy (non-hydrogen) atoms. The number of carbonyl (C=O) groups is 1. The second kappa shape index (κ2) is 4.77. The van der Waals surface area contributed by atoms with Gasteiger partial charge in [-0.3, -0.25) is 4.90 Å². The minimum absolute atomic E-state index is 0.345. The molecule has 3 nitrogen and oxygen atoms in total. The van der Waals surface area contributed by atoms with Gasteiger partial charge in [0.25, 0.3) is 0 Å². The minimum Gasteiger partial charge on any atom is -0.453 e. The van der Waals surface area contributed by atoms with E-state index in [0.29, 0.717) is 5.92 Å². The van der Waals surface area contributed by atoms with Crippen LogP contribution in [0.5, 0.6) is 0 Å². The van der Waals surface area contributed by atoms with Gasteiger partial charge < -0.3 is 4.74 Å². The van der Waals surface area contributed by atoms with Gasteiger partial charge in [0.2, 0.25) is 0 Å². The van der Waals surface area contributed by atoms with Gasteiger partial charge in [-0.25, -0.2) is 4.79 Å². The van der Waals surface area contributed by atoms with Crippen LogP contribution in [0.15, 0.2) is 12.3 Å². The first kappa shape index (κ1) is 10.0. The summed E-state index contributed by atoms with van der Waals surface area (Å²) in [5, 5.41) is 0. The smallest absolute Gasteiger partial charge is 0.413 e. The van der Waals surface area contributed by atoms with Crippen LogP contribution in [0.25, 0.3) is 0 Å². The highest BCUT2D eigenvalue weighted by molar-refractivity contribution is 5.68. The molecule has 0 spiro atoms. The Kier molecular flexibility index (Phi) is 4.34. The Bertz CT molecular complexity index is 152. The van der Waals surface area contributed by atoms with Gasteiger partial charge in [0.15, 0.2) is 0 Å². The highest BCUT2D eigenvalue weighted by atomic mass is 16.5. The van der Waals surface area contributed by atoms with E-state index >= 15 is 0 Å². The molecule has 0 aliphatic carbocycles. The minimum atomic E-state index is -0.345. The van der Waals surface area contributed by atoms with Gasteiger partial charge >= 0.3 is 6.09 Å². The van der Waals surface area contributed by atoms with Gasteiger partial charge in [0, 0.05) is 13.2 Å². The van der Waals surface area contributed by atoms with Crippen LogP contribution in [-0.4, -0.2) is 25.2 Å². The fourth-order valence-electron chi connectivity index (χ4n) is 0.506. The van der Waals surface area contributed by atoms with E-state index in [1.165, 1.54) is 12.0 Å². The van der Waals surface area contributed by atoms with Crippen molar-refractivity contribution in [3.63, 3.8) is 0 Å². The number of allylic oxidation sites excluding steroid dienone is 1. The van der Waals surface area contributed by atoms with Crippen LogP contribution in [-0.2, 0) is 4.74 Å². The average Bonchev–Trinajstić information content (AvgIpc) is 1.98. The first-order chi connectivity index (χ1) is 5.07. The quantitative estimate of drug-likeness (QED) is 0.612. The Morgan fingerprint density at radius 1 is 1.55 bits per heavy atom. The number of ether oxygens (including phenoxy) is 1. The average molecular weight is 157 g/mol. The summed E-state index contributed by atoms with van der Waals surface area (Å²) in [6, 6.07) is 0. The molecule has 0 radical (unpaired) electrons. The van der Waals surface area contributed by atoms with E-state index in [1.807, 2.05) is 19.9 Å². The highest BCUT2D eigenvalue weighted by Gasteiger charge is 2.02. The molecule has 0 aromatic rings. The van der Waals surface area contributed by atoms with Crippen molar-refractivity contribution in [2.24, 2.45) is 5.92 Å². The molecule has 1 amide bonds. The van der Waals surface area contributed by atoms with Crippen LogP contribution in [0.2, 0.25) is 0 Å². The van der Waals surface area contributed by atoms with Crippen LogP contribution < -0.4 is 0 Å². The molecule has 0 rings (SSSR count). The van der Waals surface area contributed by atoms with Gasteiger partial charge in [-0.1, -0.05) is 19.9 Å². The van der Waals surface area contributed by atoms with Crippen LogP contribution in [0.1, 0.15) is 13.8 Å². The predicted octanol–water partition coefficient (Wildman–Crippen LogP) is 1.85. The zero-order valence-electron chi connectivity index (χ0n) is 7.50. The zero-order valence-corrected chi connectivity index (χ0v) is 7.50. The third kappa shape index (κ3) is 4.42. The lowest BCUT2D eigenvalue weighted by Gasteiger charge is -2.09. The molecule has 0 heterocycles. The fourth-order valence-corrected chi connectivity index (χ4v) is 0.506. The number of methoxy groups -OCH3 is 1. The molecule has 0 saturated carbocycles. The zero-order chi connectivity index (χ0) is 8.85. The normalized spacial score (nSPS) is 10.6. The van der Waals surface area contributed by atoms with Crippen molar-refractivity contribution in [3.05, 3.63) is 12.3 Å². The number of hydrogen-bond donors (Lipinski definition) is 0. The second-order valence-corrected chi connectivity index (χ2v) is 2.67. The Hall–Kier alpha value is -0.990. The summed E-state index contributed by atoms with van der Waals surface area (Å²) in [4.78, 5) is 12.2. The van der Waals surface area contributed by atoms with Crippen molar-refractivity contribution < 1.29 is 9.53 Å². The predicted molar refractivity (Wildman–Crippen MR) is 44.1 cm³/mol. The SMILES string of the molecule is COC(=O)N(C)/C=C\C(C)C. The first-order valence-corrected chi connectivity index (χ1v) is 3.57. The van der Waals surface area contributed by atoms with Crippen molar-refractivity contribution in [2.75, 3.05) is 14.2 Å². The van der Waals surface area contributed by atoms with Gasteiger partial charge in [0.05, 0.1) is 7.11 Å². The van der Waals surface area contributed by atoms with Crippen LogP contribution >= 0.6 is 0 Å². The lowest BCUT2D eigenvalue weighted by atomic mass is 10.2. The van der Waals surface area contributed by atoms with E-state index in [-0.39, 0.29) is 6.09 Å². The summed E-state index contributed by atoms with van der Waals surface area (Å²) < 4.78 is 4.48. The molecule has 64 valence electrons. The third-order valence-corrected chi connectivity index (χ3v) is 1.16. The Labute approximate surface area is 67.6 Å². The molecule has 0 saturated heterocycles. The first-order valence-electron chi connectivity index (χ1n) is 3.57. The highest BCUT2D eigenvalue weighted by Crippen LogP contribution is 1.96. The van der Waals surface area contributed by atoms with Crippen molar-refractivity contribution in [2.45, 2.75) is 13.8 Å². The van der Waals surface area contributed by atoms with Crippen LogP contribution in [0.3, 0.4) is 0 Å². The van der Waals surface area contributed by atoms with E-state index in [4.69, 9.17) is 0 Å². The van der Waals surface area contributed by atoms with Gasteiger partial charge in [0.1, 0.15) is 0 Å².